The zero-order chi connectivity index (χ0) is 13.5. The molecule has 0 fully saturated rings. The first-order chi connectivity index (χ1) is 8.60. The Morgan fingerprint density at radius 1 is 1.39 bits per heavy atom. The average Bonchev–Trinajstić information content (AvgIpc) is 2.37. The van der Waals surface area contributed by atoms with Crippen molar-refractivity contribution in [2.45, 2.75) is 25.8 Å². The first-order valence-electron chi connectivity index (χ1n) is 5.81. The van der Waals surface area contributed by atoms with Crippen LogP contribution < -0.4 is 14.8 Å². The quantitative estimate of drug-likeness (QED) is 0.816. The van der Waals surface area contributed by atoms with Crippen molar-refractivity contribution in [2.24, 2.45) is 0 Å². The van der Waals surface area contributed by atoms with Gasteiger partial charge in [0.25, 0.3) is 0 Å². The standard InChI is InChI=1S/C13H19NO4/c1-4-10(14-13(15)16)7-9-8-11(17-2)5-6-12(9)18-3/h5-6,8,10,14H,4,7H2,1-3H3,(H,15,16). The highest BCUT2D eigenvalue weighted by molar-refractivity contribution is 5.65. The van der Waals surface area contributed by atoms with E-state index in [4.69, 9.17) is 14.6 Å². The molecule has 0 bridgehead atoms. The Hall–Kier alpha value is -1.91. The van der Waals surface area contributed by atoms with Crippen LogP contribution >= 0.6 is 0 Å². The number of hydrogen-bond donors (Lipinski definition) is 2. The Morgan fingerprint density at radius 3 is 2.61 bits per heavy atom. The lowest BCUT2D eigenvalue weighted by molar-refractivity contribution is 0.189. The van der Waals surface area contributed by atoms with Gasteiger partial charge in [0.1, 0.15) is 11.5 Å². The van der Waals surface area contributed by atoms with E-state index in [-0.39, 0.29) is 6.04 Å². The van der Waals surface area contributed by atoms with Crippen molar-refractivity contribution in [1.82, 2.24) is 5.32 Å². The third kappa shape index (κ3) is 3.84. The second-order valence-electron chi connectivity index (χ2n) is 3.94. The molecule has 0 saturated heterocycles. The summed E-state index contributed by atoms with van der Waals surface area (Å²) in [6.07, 6.45) is 0.277. The number of benzene rings is 1. The summed E-state index contributed by atoms with van der Waals surface area (Å²) in [5.74, 6) is 1.47. The monoisotopic (exact) mass is 253 g/mol. The second kappa shape index (κ2) is 6.74. The molecule has 0 aromatic heterocycles. The van der Waals surface area contributed by atoms with Crippen LogP contribution in [0, 0.1) is 0 Å². The van der Waals surface area contributed by atoms with Crippen LogP contribution in [0.1, 0.15) is 18.9 Å². The van der Waals surface area contributed by atoms with Gasteiger partial charge in [-0.05, 0) is 36.6 Å². The third-order valence-electron chi connectivity index (χ3n) is 2.77. The molecular formula is C13H19NO4. The Morgan fingerprint density at radius 2 is 2.11 bits per heavy atom. The zero-order valence-electron chi connectivity index (χ0n) is 10.9. The van der Waals surface area contributed by atoms with Gasteiger partial charge in [-0.1, -0.05) is 6.92 Å². The van der Waals surface area contributed by atoms with Gasteiger partial charge in [-0.2, -0.15) is 0 Å². The average molecular weight is 253 g/mol. The van der Waals surface area contributed by atoms with E-state index in [0.717, 1.165) is 17.1 Å². The van der Waals surface area contributed by atoms with Gasteiger partial charge in [0.2, 0.25) is 0 Å². The van der Waals surface area contributed by atoms with Gasteiger partial charge in [0, 0.05) is 6.04 Å². The highest BCUT2D eigenvalue weighted by atomic mass is 16.5. The number of ether oxygens (including phenoxy) is 2. The maximum atomic E-state index is 10.7. The SMILES string of the molecule is CCC(Cc1cc(OC)ccc1OC)NC(=O)O. The molecule has 2 N–H and O–H groups in total. The molecule has 0 aliphatic rings. The predicted molar refractivity (Wildman–Crippen MR) is 68.5 cm³/mol. The number of hydrogen-bond acceptors (Lipinski definition) is 3. The molecule has 1 aromatic carbocycles. The van der Waals surface area contributed by atoms with Crippen molar-refractivity contribution < 1.29 is 19.4 Å². The number of amides is 1. The topological polar surface area (TPSA) is 67.8 Å². The van der Waals surface area contributed by atoms with E-state index in [1.165, 1.54) is 0 Å². The Labute approximate surface area is 107 Å². The van der Waals surface area contributed by atoms with E-state index < -0.39 is 6.09 Å². The van der Waals surface area contributed by atoms with E-state index in [2.05, 4.69) is 5.32 Å². The third-order valence-corrected chi connectivity index (χ3v) is 2.77. The van der Waals surface area contributed by atoms with Gasteiger partial charge in [-0.25, -0.2) is 4.79 Å². The number of rotatable bonds is 6. The van der Waals surface area contributed by atoms with Crippen LogP contribution in [0.25, 0.3) is 0 Å². The summed E-state index contributed by atoms with van der Waals surface area (Å²) in [7, 11) is 3.19. The molecule has 0 aliphatic carbocycles. The van der Waals surface area contributed by atoms with Crippen LogP contribution in [0.3, 0.4) is 0 Å². The maximum absolute atomic E-state index is 10.7. The lowest BCUT2D eigenvalue weighted by Crippen LogP contribution is -2.34. The molecule has 0 saturated carbocycles. The number of nitrogens with one attached hydrogen (secondary N) is 1. The lowest BCUT2D eigenvalue weighted by atomic mass is 10.0. The van der Waals surface area contributed by atoms with E-state index >= 15 is 0 Å². The molecule has 0 spiro atoms. The van der Waals surface area contributed by atoms with Gasteiger partial charge in [0.15, 0.2) is 0 Å². The maximum Gasteiger partial charge on any atom is 0.404 e. The molecule has 0 radical (unpaired) electrons. The Balaban J connectivity index is 2.88. The fourth-order valence-electron chi connectivity index (χ4n) is 1.78. The number of carboxylic acid groups (broad SMARTS) is 1. The van der Waals surface area contributed by atoms with Crippen molar-refractivity contribution in [3.63, 3.8) is 0 Å². The van der Waals surface area contributed by atoms with Crippen molar-refractivity contribution in [3.8, 4) is 11.5 Å². The van der Waals surface area contributed by atoms with Gasteiger partial charge >= 0.3 is 6.09 Å². The summed E-state index contributed by atoms with van der Waals surface area (Å²) in [6, 6.07) is 5.36. The summed E-state index contributed by atoms with van der Waals surface area (Å²) in [5, 5.41) is 11.2. The molecular weight excluding hydrogens is 234 g/mol. The molecule has 1 rings (SSSR count). The summed E-state index contributed by atoms with van der Waals surface area (Å²) in [6.45, 7) is 1.94. The van der Waals surface area contributed by atoms with Crippen molar-refractivity contribution in [1.29, 1.82) is 0 Å². The minimum absolute atomic E-state index is 0.136. The van der Waals surface area contributed by atoms with Gasteiger partial charge in [-0.3, -0.25) is 0 Å². The van der Waals surface area contributed by atoms with Crippen molar-refractivity contribution >= 4 is 6.09 Å². The highest BCUT2D eigenvalue weighted by Crippen LogP contribution is 2.25. The largest absolute Gasteiger partial charge is 0.497 e. The first kappa shape index (κ1) is 14.2. The molecule has 5 heteroatoms. The molecule has 1 aromatic rings. The minimum Gasteiger partial charge on any atom is -0.497 e. The molecule has 5 nitrogen and oxygen atoms in total. The summed E-state index contributed by atoms with van der Waals surface area (Å²) in [4.78, 5) is 10.7. The van der Waals surface area contributed by atoms with E-state index in [9.17, 15) is 4.79 Å². The molecule has 100 valence electrons. The van der Waals surface area contributed by atoms with Crippen LogP contribution in [0.5, 0.6) is 11.5 Å². The van der Waals surface area contributed by atoms with E-state index in [1.54, 1.807) is 14.2 Å². The van der Waals surface area contributed by atoms with E-state index in [0.29, 0.717) is 12.8 Å². The molecule has 18 heavy (non-hydrogen) atoms. The van der Waals surface area contributed by atoms with Gasteiger partial charge in [-0.15, -0.1) is 0 Å². The Kier molecular flexibility index (Phi) is 5.30. The van der Waals surface area contributed by atoms with Crippen LogP contribution in [0.4, 0.5) is 4.79 Å². The number of methoxy groups -OCH3 is 2. The van der Waals surface area contributed by atoms with Crippen LogP contribution in [-0.4, -0.2) is 31.5 Å². The molecule has 0 aliphatic heterocycles. The normalized spacial score (nSPS) is 11.7. The zero-order valence-corrected chi connectivity index (χ0v) is 10.9. The molecule has 1 unspecified atom stereocenters. The summed E-state index contributed by atoms with van der Waals surface area (Å²) in [5.41, 5.74) is 0.928. The number of carbonyl (C=O) groups is 1. The summed E-state index contributed by atoms with van der Waals surface area (Å²) >= 11 is 0. The van der Waals surface area contributed by atoms with Crippen LogP contribution in [0.2, 0.25) is 0 Å². The van der Waals surface area contributed by atoms with Crippen LogP contribution in [-0.2, 0) is 6.42 Å². The van der Waals surface area contributed by atoms with Crippen LogP contribution in [0.15, 0.2) is 18.2 Å². The molecule has 0 heterocycles. The Bertz CT molecular complexity index is 406. The molecule has 1 amide bonds. The lowest BCUT2D eigenvalue weighted by Gasteiger charge is -2.17. The fourth-order valence-corrected chi connectivity index (χ4v) is 1.78. The second-order valence-corrected chi connectivity index (χ2v) is 3.94. The predicted octanol–water partition coefficient (Wildman–Crippen LogP) is 2.29. The minimum atomic E-state index is -1.01. The smallest absolute Gasteiger partial charge is 0.404 e. The van der Waals surface area contributed by atoms with E-state index in [1.807, 2.05) is 25.1 Å². The summed E-state index contributed by atoms with van der Waals surface area (Å²) < 4.78 is 10.4. The van der Waals surface area contributed by atoms with Crippen molar-refractivity contribution in [3.05, 3.63) is 23.8 Å². The van der Waals surface area contributed by atoms with Gasteiger partial charge < -0.3 is 19.9 Å². The van der Waals surface area contributed by atoms with Gasteiger partial charge in [0.05, 0.1) is 14.2 Å². The van der Waals surface area contributed by atoms with Crippen molar-refractivity contribution in [2.75, 3.05) is 14.2 Å². The molecule has 1 atom stereocenters. The highest BCUT2D eigenvalue weighted by Gasteiger charge is 2.13. The fraction of sp³-hybridized carbons (Fsp3) is 0.462. The first-order valence-corrected chi connectivity index (χ1v) is 5.81.